The highest BCUT2D eigenvalue weighted by atomic mass is 32.2. The third-order valence-corrected chi connectivity index (χ3v) is 9.00. The van der Waals surface area contributed by atoms with Crippen molar-refractivity contribution < 1.29 is 13.2 Å². The fourth-order valence-corrected chi connectivity index (χ4v) is 7.06. The summed E-state index contributed by atoms with van der Waals surface area (Å²) in [5.74, 6) is 0.668. The molecule has 1 aromatic carbocycles. The molecule has 0 atom stereocenters. The summed E-state index contributed by atoms with van der Waals surface area (Å²) in [7, 11) is -3.80. The van der Waals surface area contributed by atoms with Gasteiger partial charge in [-0.05, 0) is 56.7 Å². The van der Waals surface area contributed by atoms with Gasteiger partial charge >= 0.3 is 0 Å². The van der Waals surface area contributed by atoms with E-state index in [0.717, 1.165) is 55.7 Å². The molecule has 0 radical (unpaired) electrons. The van der Waals surface area contributed by atoms with Crippen LogP contribution in [0.2, 0.25) is 0 Å². The SMILES string of the molecule is Cc1ccc(C)c(S(=O)(=O)C2(C(=O)NCc3cn4c(n3)CCCC4)CCCC2)c1. The van der Waals surface area contributed by atoms with E-state index in [9.17, 15) is 13.2 Å². The molecule has 1 aliphatic carbocycles. The van der Waals surface area contributed by atoms with Gasteiger partial charge < -0.3 is 9.88 Å². The Hall–Kier alpha value is -2.15. The first-order valence-corrected chi connectivity index (χ1v) is 12.0. The van der Waals surface area contributed by atoms with Crippen molar-refractivity contribution in [2.75, 3.05) is 0 Å². The summed E-state index contributed by atoms with van der Waals surface area (Å²) in [6, 6.07) is 5.41. The fourth-order valence-electron chi connectivity index (χ4n) is 4.66. The summed E-state index contributed by atoms with van der Waals surface area (Å²) in [6.07, 6.45) is 7.45. The molecule has 1 saturated carbocycles. The molecule has 0 bridgehead atoms. The molecule has 6 nitrogen and oxygen atoms in total. The van der Waals surface area contributed by atoms with Crippen molar-refractivity contribution in [3.8, 4) is 0 Å². The summed E-state index contributed by atoms with van der Waals surface area (Å²) >= 11 is 0. The first kappa shape index (κ1) is 20.1. The lowest BCUT2D eigenvalue weighted by Gasteiger charge is -2.28. The smallest absolute Gasteiger partial charge is 0.242 e. The van der Waals surface area contributed by atoms with Crippen LogP contribution in [0.5, 0.6) is 0 Å². The second kappa shape index (κ2) is 7.59. The van der Waals surface area contributed by atoms with Crippen molar-refractivity contribution in [3.05, 3.63) is 47.0 Å². The van der Waals surface area contributed by atoms with E-state index >= 15 is 0 Å². The van der Waals surface area contributed by atoms with Gasteiger partial charge in [0.1, 0.15) is 5.82 Å². The number of carbonyl (C=O) groups excluding carboxylic acids is 1. The van der Waals surface area contributed by atoms with E-state index in [1.807, 2.05) is 25.3 Å². The number of aromatic nitrogens is 2. The minimum atomic E-state index is -3.80. The predicted molar refractivity (Wildman–Crippen MR) is 111 cm³/mol. The Kier molecular flexibility index (Phi) is 5.27. The average Bonchev–Trinajstić information content (AvgIpc) is 3.35. The standard InChI is InChI=1S/C22H29N3O3S/c1-16-8-9-17(2)19(13-16)29(27,28)22(10-4-5-11-22)21(26)23-14-18-15-25-12-6-3-7-20(25)24-18/h8-9,13,15H,3-7,10-12,14H2,1-2H3,(H,23,26). The van der Waals surface area contributed by atoms with Gasteiger partial charge in [0.2, 0.25) is 5.91 Å². The first-order valence-electron chi connectivity index (χ1n) is 10.5. The van der Waals surface area contributed by atoms with E-state index in [2.05, 4.69) is 14.9 Å². The van der Waals surface area contributed by atoms with Crippen LogP contribution in [-0.2, 0) is 34.1 Å². The van der Waals surface area contributed by atoms with Crippen LogP contribution < -0.4 is 5.32 Å². The highest BCUT2D eigenvalue weighted by Gasteiger charge is 2.53. The number of imidazole rings is 1. The van der Waals surface area contributed by atoms with Crippen LogP contribution in [0.15, 0.2) is 29.3 Å². The zero-order valence-corrected chi connectivity index (χ0v) is 18.0. The summed E-state index contributed by atoms with van der Waals surface area (Å²) in [5.41, 5.74) is 2.37. The van der Waals surface area contributed by atoms with Gasteiger partial charge in [0, 0.05) is 19.2 Å². The number of hydrogen-bond donors (Lipinski definition) is 1. The molecule has 1 N–H and O–H groups in total. The second-order valence-corrected chi connectivity index (χ2v) is 10.7. The Bertz CT molecular complexity index is 1010. The highest BCUT2D eigenvalue weighted by Crippen LogP contribution is 2.41. The lowest BCUT2D eigenvalue weighted by atomic mass is 10.1. The molecule has 1 aliphatic heterocycles. The molecule has 2 aromatic rings. The van der Waals surface area contributed by atoms with E-state index in [-0.39, 0.29) is 17.3 Å². The van der Waals surface area contributed by atoms with Crippen LogP contribution in [-0.4, -0.2) is 28.6 Å². The zero-order valence-electron chi connectivity index (χ0n) is 17.2. The molecule has 1 amide bonds. The lowest BCUT2D eigenvalue weighted by molar-refractivity contribution is -0.123. The van der Waals surface area contributed by atoms with Crippen molar-refractivity contribution in [2.24, 2.45) is 0 Å². The van der Waals surface area contributed by atoms with Gasteiger partial charge in [0.25, 0.3) is 0 Å². The molecule has 7 heteroatoms. The number of sulfone groups is 1. The van der Waals surface area contributed by atoms with Crippen LogP contribution in [0.4, 0.5) is 0 Å². The third kappa shape index (κ3) is 3.50. The molecule has 0 spiro atoms. The number of nitrogens with one attached hydrogen (secondary N) is 1. The number of hydrogen-bond acceptors (Lipinski definition) is 4. The van der Waals surface area contributed by atoms with Crippen molar-refractivity contribution in [3.63, 3.8) is 0 Å². The van der Waals surface area contributed by atoms with E-state index in [0.29, 0.717) is 18.4 Å². The van der Waals surface area contributed by atoms with E-state index in [1.54, 1.807) is 13.0 Å². The van der Waals surface area contributed by atoms with Crippen LogP contribution in [0.3, 0.4) is 0 Å². The van der Waals surface area contributed by atoms with Gasteiger partial charge in [0.15, 0.2) is 14.6 Å². The van der Waals surface area contributed by atoms with Crippen molar-refractivity contribution in [1.29, 1.82) is 0 Å². The Morgan fingerprint density at radius 2 is 1.93 bits per heavy atom. The van der Waals surface area contributed by atoms with Crippen molar-refractivity contribution in [1.82, 2.24) is 14.9 Å². The number of rotatable bonds is 5. The normalized spacial score (nSPS) is 18.4. The van der Waals surface area contributed by atoms with E-state index in [1.165, 1.54) is 0 Å². The summed E-state index contributed by atoms with van der Waals surface area (Å²) in [6.45, 7) is 4.90. The minimum absolute atomic E-state index is 0.267. The minimum Gasteiger partial charge on any atom is -0.349 e. The maximum absolute atomic E-state index is 13.7. The highest BCUT2D eigenvalue weighted by molar-refractivity contribution is 7.93. The van der Waals surface area contributed by atoms with Gasteiger partial charge in [-0.3, -0.25) is 4.79 Å². The van der Waals surface area contributed by atoms with Crippen LogP contribution in [0, 0.1) is 13.8 Å². The van der Waals surface area contributed by atoms with E-state index in [4.69, 9.17) is 0 Å². The summed E-state index contributed by atoms with van der Waals surface area (Å²) in [4.78, 5) is 18.2. The number of fused-ring (bicyclic) bond motifs is 1. The fraction of sp³-hybridized carbons (Fsp3) is 0.545. The maximum Gasteiger partial charge on any atom is 0.242 e. The topological polar surface area (TPSA) is 81.1 Å². The van der Waals surface area contributed by atoms with Gasteiger partial charge in [-0.2, -0.15) is 0 Å². The second-order valence-electron chi connectivity index (χ2n) is 8.46. The van der Waals surface area contributed by atoms with Crippen LogP contribution in [0.25, 0.3) is 0 Å². The lowest BCUT2D eigenvalue weighted by Crippen LogP contribution is -2.50. The van der Waals surface area contributed by atoms with Gasteiger partial charge in [-0.15, -0.1) is 0 Å². The van der Waals surface area contributed by atoms with Crippen LogP contribution >= 0.6 is 0 Å². The third-order valence-electron chi connectivity index (χ3n) is 6.36. The number of carbonyl (C=O) groups is 1. The zero-order chi connectivity index (χ0) is 20.6. The number of benzene rings is 1. The Morgan fingerprint density at radius 3 is 2.66 bits per heavy atom. The summed E-state index contributed by atoms with van der Waals surface area (Å²) in [5, 5.41) is 2.91. The maximum atomic E-state index is 13.7. The summed E-state index contributed by atoms with van der Waals surface area (Å²) < 4.78 is 28.1. The van der Waals surface area contributed by atoms with E-state index < -0.39 is 14.6 Å². The predicted octanol–water partition coefficient (Wildman–Crippen LogP) is 3.24. The average molecular weight is 416 g/mol. The quantitative estimate of drug-likeness (QED) is 0.813. The number of amides is 1. The molecule has 0 saturated heterocycles. The molecule has 29 heavy (non-hydrogen) atoms. The number of nitrogens with zero attached hydrogens (tertiary/aromatic N) is 2. The molecule has 4 rings (SSSR count). The number of aryl methyl sites for hydroxylation is 4. The largest absolute Gasteiger partial charge is 0.349 e. The molecular formula is C22H29N3O3S. The molecule has 2 heterocycles. The van der Waals surface area contributed by atoms with Gasteiger partial charge in [-0.25, -0.2) is 13.4 Å². The Labute approximate surface area is 172 Å². The molecule has 2 aliphatic rings. The van der Waals surface area contributed by atoms with Crippen molar-refractivity contribution >= 4 is 15.7 Å². The van der Waals surface area contributed by atoms with Crippen molar-refractivity contribution in [2.45, 2.75) is 81.5 Å². The monoisotopic (exact) mass is 415 g/mol. The van der Waals surface area contributed by atoms with Crippen LogP contribution in [0.1, 0.15) is 61.2 Å². The first-order chi connectivity index (χ1) is 13.8. The molecule has 156 valence electrons. The Morgan fingerprint density at radius 1 is 1.17 bits per heavy atom. The molecule has 0 unspecified atom stereocenters. The van der Waals surface area contributed by atoms with Gasteiger partial charge in [-0.1, -0.05) is 25.0 Å². The molecule has 1 fully saturated rings. The van der Waals surface area contributed by atoms with Gasteiger partial charge in [0.05, 0.1) is 17.1 Å². The molecular weight excluding hydrogens is 386 g/mol. The molecule has 1 aromatic heterocycles. The Balaban J connectivity index is 1.60.